The fourth-order valence-electron chi connectivity index (χ4n) is 2.75. The molecule has 1 N–H and O–H groups in total. The summed E-state index contributed by atoms with van der Waals surface area (Å²) in [6.07, 6.45) is 3.53. The maximum absolute atomic E-state index is 11.8. The van der Waals surface area contributed by atoms with Crippen LogP contribution < -0.4 is 5.32 Å². The van der Waals surface area contributed by atoms with Crippen molar-refractivity contribution in [3.05, 3.63) is 17.5 Å². The maximum atomic E-state index is 11.8. The second-order valence-electron chi connectivity index (χ2n) is 5.08. The molecule has 4 heteroatoms. The van der Waals surface area contributed by atoms with Crippen LogP contribution in [0.15, 0.2) is 10.6 Å². The van der Waals surface area contributed by atoms with Gasteiger partial charge in [-0.05, 0) is 38.0 Å². The number of hydrogen-bond acceptors (Lipinski definition) is 3. The second-order valence-corrected chi connectivity index (χ2v) is 5.08. The van der Waals surface area contributed by atoms with E-state index in [0.29, 0.717) is 6.54 Å². The van der Waals surface area contributed by atoms with Crippen LogP contribution in [0.1, 0.15) is 30.7 Å². The Labute approximate surface area is 94.4 Å². The van der Waals surface area contributed by atoms with Gasteiger partial charge in [0.05, 0.1) is 12.2 Å². The SMILES string of the molecule is Cc1cc(CNC(=O)C2CC3CC3C2)on1. The summed E-state index contributed by atoms with van der Waals surface area (Å²) in [5.41, 5.74) is 0.853. The lowest BCUT2D eigenvalue weighted by molar-refractivity contribution is -0.125. The van der Waals surface area contributed by atoms with Crippen LogP contribution >= 0.6 is 0 Å². The fourth-order valence-corrected chi connectivity index (χ4v) is 2.75. The number of fused-ring (bicyclic) bond motifs is 1. The molecule has 1 aromatic heterocycles. The minimum absolute atomic E-state index is 0.182. The number of amides is 1. The van der Waals surface area contributed by atoms with Gasteiger partial charge in [-0.1, -0.05) is 5.16 Å². The molecule has 2 atom stereocenters. The monoisotopic (exact) mass is 220 g/mol. The van der Waals surface area contributed by atoms with Crippen LogP contribution in [0.5, 0.6) is 0 Å². The molecule has 16 heavy (non-hydrogen) atoms. The van der Waals surface area contributed by atoms with Gasteiger partial charge in [0, 0.05) is 12.0 Å². The number of rotatable bonds is 3. The van der Waals surface area contributed by atoms with Gasteiger partial charge in [-0.3, -0.25) is 4.79 Å². The normalized spacial score (nSPS) is 31.2. The van der Waals surface area contributed by atoms with Gasteiger partial charge >= 0.3 is 0 Å². The molecule has 0 aliphatic heterocycles. The molecule has 0 aromatic carbocycles. The zero-order valence-electron chi connectivity index (χ0n) is 9.40. The van der Waals surface area contributed by atoms with E-state index in [4.69, 9.17) is 4.52 Å². The van der Waals surface area contributed by atoms with E-state index in [0.717, 1.165) is 36.1 Å². The first kappa shape index (κ1) is 9.87. The highest BCUT2D eigenvalue weighted by atomic mass is 16.5. The van der Waals surface area contributed by atoms with Crippen molar-refractivity contribution in [2.24, 2.45) is 17.8 Å². The van der Waals surface area contributed by atoms with Crippen molar-refractivity contribution in [3.8, 4) is 0 Å². The number of hydrogen-bond donors (Lipinski definition) is 1. The minimum atomic E-state index is 0.182. The van der Waals surface area contributed by atoms with Crippen LogP contribution in [0, 0.1) is 24.7 Å². The lowest BCUT2D eigenvalue weighted by atomic mass is 10.0. The van der Waals surface area contributed by atoms with E-state index in [1.54, 1.807) is 0 Å². The van der Waals surface area contributed by atoms with Gasteiger partial charge in [-0.15, -0.1) is 0 Å². The third-order valence-corrected chi connectivity index (χ3v) is 3.73. The molecule has 2 aliphatic rings. The summed E-state index contributed by atoms with van der Waals surface area (Å²) in [7, 11) is 0. The van der Waals surface area contributed by atoms with Crippen molar-refractivity contribution in [1.82, 2.24) is 10.5 Å². The molecule has 2 unspecified atom stereocenters. The van der Waals surface area contributed by atoms with E-state index in [2.05, 4.69) is 10.5 Å². The first-order chi connectivity index (χ1) is 7.72. The van der Waals surface area contributed by atoms with Gasteiger partial charge in [0.2, 0.25) is 5.91 Å². The molecule has 2 fully saturated rings. The van der Waals surface area contributed by atoms with E-state index >= 15 is 0 Å². The predicted octanol–water partition coefficient (Wildman–Crippen LogP) is 1.65. The Kier molecular flexibility index (Phi) is 2.23. The molecule has 0 saturated heterocycles. The standard InChI is InChI=1S/C12H16N2O2/c1-7-2-11(16-14-7)6-13-12(15)10-4-8-3-9(8)5-10/h2,8-10H,3-6H2,1H3,(H,13,15). The van der Waals surface area contributed by atoms with Gasteiger partial charge in [0.25, 0.3) is 0 Å². The molecular weight excluding hydrogens is 204 g/mol. The Morgan fingerprint density at radius 2 is 2.25 bits per heavy atom. The molecule has 1 amide bonds. The van der Waals surface area contributed by atoms with Crippen LogP contribution in [-0.2, 0) is 11.3 Å². The second kappa shape index (κ2) is 3.61. The van der Waals surface area contributed by atoms with Gasteiger partial charge < -0.3 is 9.84 Å². The average molecular weight is 220 g/mol. The molecular formula is C12H16N2O2. The van der Waals surface area contributed by atoms with Crippen molar-refractivity contribution in [3.63, 3.8) is 0 Å². The summed E-state index contributed by atoms with van der Waals surface area (Å²) in [6, 6.07) is 1.85. The maximum Gasteiger partial charge on any atom is 0.223 e. The van der Waals surface area contributed by atoms with Crippen molar-refractivity contribution >= 4 is 5.91 Å². The molecule has 0 spiro atoms. The molecule has 4 nitrogen and oxygen atoms in total. The quantitative estimate of drug-likeness (QED) is 0.842. The molecule has 1 aromatic rings. The van der Waals surface area contributed by atoms with Crippen molar-refractivity contribution < 1.29 is 9.32 Å². The molecule has 2 aliphatic carbocycles. The number of carbonyl (C=O) groups excluding carboxylic acids is 1. The highest BCUT2D eigenvalue weighted by Crippen LogP contribution is 2.54. The van der Waals surface area contributed by atoms with E-state index in [-0.39, 0.29) is 11.8 Å². The van der Waals surface area contributed by atoms with Crippen LogP contribution in [0.4, 0.5) is 0 Å². The summed E-state index contributed by atoms with van der Waals surface area (Å²) in [5, 5.41) is 6.71. The molecule has 1 heterocycles. The lowest BCUT2D eigenvalue weighted by Gasteiger charge is -2.10. The van der Waals surface area contributed by atoms with Crippen molar-refractivity contribution in [2.75, 3.05) is 0 Å². The van der Waals surface area contributed by atoms with Gasteiger partial charge in [0.15, 0.2) is 5.76 Å². The number of nitrogens with zero attached hydrogens (tertiary/aromatic N) is 1. The minimum Gasteiger partial charge on any atom is -0.359 e. The Balaban J connectivity index is 1.49. The third-order valence-electron chi connectivity index (χ3n) is 3.73. The Morgan fingerprint density at radius 3 is 2.88 bits per heavy atom. The first-order valence-electron chi connectivity index (χ1n) is 5.92. The van der Waals surface area contributed by atoms with E-state index in [1.165, 1.54) is 6.42 Å². The Bertz CT molecular complexity index is 403. The Hall–Kier alpha value is -1.32. The Morgan fingerprint density at radius 1 is 1.50 bits per heavy atom. The molecule has 0 radical (unpaired) electrons. The van der Waals surface area contributed by atoms with Crippen LogP contribution in [-0.4, -0.2) is 11.1 Å². The number of carbonyl (C=O) groups is 1. The smallest absolute Gasteiger partial charge is 0.223 e. The number of nitrogens with one attached hydrogen (secondary N) is 1. The predicted molar refractivity (Wildman–Crippen MR) is 57.4 cm³/mol. The van der Waals surface area contributed by atoms with Gasteiger partial charge in [-0.25, -0.2) is 0 Å². The van der Waals surface area contributed by atoms with Crippen molar-refractivity contribution in [2.45, 2.75) is 32.7 Å². The van der Waals surface area contributed by atoms with Crippen LogP contribution in [0.25, 0.3) is 0 Å². The zero-order valence-corrected chi connectivity index (χ0v) is 9.40. The highest BCUT2D eigenvalue weighted by molar-refractivity contribution is 5.79. The number of aromatic nitrogens is 1. The lowest BCUT2D eigenvalue weighted by Crippen LogP contribution is -2.29. The third kappa shape index (κ3) is 1.84. The average Bonchev–Trinajstić information content (AvgIpc) is 2.71. The van der Waals surface area contributed by atoms with E-state index in [9.17, 15) is 4.79 Å². The summed E-state index contributed by atoms with van der Waals surface area (Å²) >= 11 is 0. The topological polar surface area (TPSA) is 55.1 Å². The summed E-state index contributed by atoms with van der Waals surface area (Å²) in [5.74, 6) is 2.86. The number of aryl methyl sites for hydroxylation is 1. The van der Waals surface area contributed by atoms with E-state index in [1.807, 2.05) is 13.0 Å². The molecule has 2 saturated carbocycles. The first-order valence-corrected chi connectivity index (χ1v) is 5.92. The highest BCUT2D eigenvalue weighted by Gasteiger charge is 2.47. The summed E-state index contributed by atoms with van der Waals surface area (Å²) in [4.78, 5) is 11.8. The largest absolute Gasteiger partial charge is 0.359 e. The fraction of sp³-hybridized carbons (Fsp3) is 0.667. The molecule has 0 bridgehead atoms. The van der Waals surface area contributed by atoms with Crippen molar-refractivity contribution in [1.29, 1.82) is 0 Å². The molecule has 86 valence electrons. The summed E-state index contributed by atoms with van der Waals surface area (Å²) in [6.45, 7) is 2.34. The summed E-state index contributed by atoms with van der Waals surface area (Å²) < 4.78 is 5.04. The van der Waals surface area contributed by atoms with E-state index < -0.39 is 0 Å². The zero-order chi connectivity index (χ0) is 11.1. The van der Waals surface area contributed by atoms with Gasteiger partial charge in [0.1, 0.15) is 0 Å². The van der Waals surface area contributed by atoms with Gasteiger partial charge in [-0.2, -0.15) is 0 Å². The van der Waals surface area contributed by atoms with Crippen LogP contribution in [0.3, 0.4) is 0 Å². The molecule has 3 rings (SSSR count). The van der Waals surface area contributed by atoms with Crippen LogP contribution in [0.2, 0.25) is 0 Å².